The van der Waals surface area contributed by atoms with Crippen molar-refractivity contribution in [3.05, 3.63) is 31.9 Å². The third-order valence-corrected chi connectivity index (χ3v) is 4.37. The highest BCUT2D eigenvalue weighted by atomic mass is 16.6. The molecule has 0 fully saturated rings. The highest BCUT2D eigenvalue weighted by Crippen LogP contribution is 2.23. The van der Waals surface area contributed by atoms with Crippen LogP contribution >= 0.6 is 0 Å². The monoisotopic (exact) mass is 448 g/mol. The highest BCUT2D eigenvalue weighted by Gasteiger charge is 2.31. The minimum absolute atomic E-state index is 0.0361. The molecule has 0 spiro atoms. The molecular formula is C10H8N16O6. The molecule has 0 aliphatic rings. The Hall–Kier alpha value is -5.44. The van der Waals surface area contributed by atoms with Crippen LogP contribution in [0.25, 0.3) is 22.3 Å². The Morgan fingerprint density at radius 1 is 0.781 bits per heavy atom. The van der Waals surface area contributed by atoms with Gasteiger partial charge in [-0.1, -0.05) is 9.69 Å². The van der Waals surface area contributed by atoms with Crippen molar-refractivity contribution in [2.24, 2.45) is 0 Å². The van der Waals surface area contributed by atoms with Gasteiger partial charge in [-0.3, -0.25) is 0 Å². The molecule has 0 unspecified atom stereocenters. The molecule has 22 heteroatoms. The van der Waals surface area contributed by atoms with Gasteiger partial charge in [-0.05, 0) is 20.3 Å². The van der Waals surface area contributed by atoms with Gasteiger partial charge >= 0.3 is 11.6 Å². The zero-order chi connectivity index (χ0) is 22.7. The molecule has 5 heterocycles. The van der Waals surface area contributed by atoms with E-state index in [4.69, 9.17) is 5.84 Å². The first-order valence-corrected chi connectivity index (χ1v) is 8.26. The van der Waals surface area contributed by atoms with Gasteiger partial charge in [-0.15, -0.1) is 29.8 Å². The maximum absolute atomic E-state index is 11.1. The minimum Gasteiger partial charge on any atom is -0.409 e. The summed E-state index contributed by atoms with van der Waals surface area (Å²) in [4.78, 5) is 21.3. The van der Waals surface area contributed by atoms with Crippen LogP contribution < -0.4 is 5.84 Å². The fourth-order valence-electron chi connectivity index (χ4n) is 3.01. The van der Waals surface area contributed by atoms with E-state index in [1.165, 1.54) is 0 Å². The van der Waals surface area contributed by atoms with Crippen LogP contribution in [0.4, 0.5) is 11.6 Å². The maximum atomic E-state index is 11.1. The number of fused-ring (bicyclic) bond motifs is 2. The molecule has 32 heavy (non-hydrogen) atoms. The van der Waals surface area contributed by atoms with Crippen LogP contribution in [0.2, 0.25) is 0 Å². The van der Waals surface area contributed by atoms with E-state index in [1.807, 2.05) is 0 Å². The van der Waals surface area contributed by atoms with Crippen molar-refractivity contribution in [3.63, 3.8) is 0 Å². The van der Waals surface area contributed by atoms with E-state index < -0.39 is 21.5 Å². The van der Waals surface area contributed by atoms with Crippen molar-refractivity contribution in [2.45, 2.75) is 13.1 Å². The van der Waals surface area contributed by atoms with Crippen molar-refractivity contribution >= 4 is 34.0 Å². The molecular weight excluding hydrogens is 440 g/mol. The predicted octanol–water partition coefficient (Wildman–Crippen LogP) is -2.74. The molecule has 0 aliphatic carbocycles. The number of nitrogens with two attached hydrogens (primary N) is 1. The number of hydrogen-bond donors (Lipinski definition) is 3. The largest absolute Gasteiger partial charge is 0.420 e. The maximum Gasteiger partial charge on any atom is 0.420 e. The van der Waals surface area contributed by atoms with Gasteiger partial charge in [0, 0.05) is 0 Å². The van der Waals surface area contributed by atoms with Crippen molar-refractivity contribution in [3.8, 4) is 0 Å². The van der Waals surface area contributed by atoms with Gasteiger partial charge in [0.15, 0.2) is 11.6 Å². The average molecular weight is 448 g/mol. The van der Waals surface area contributed by atoms with Crippen LogP contribution in [0.15, 0.2) is 0 Å². The molecule has 4 N–H and O–H groups in total. The summed E-state index contributed by atoms with van der Waals surface area (Å²) < 4.78 is 2.97. The fraction of sp³-hybridized carbons (Fsp3) is 0.200. The normalized spacial score (nSPS) is 11.6. The predicted molar refractivity (Wildman–Crippen MR) is 92.7 cm³/mol. The number of nitro groups is 2. The minimum atomic E-state index is -0.798. The standard InChI is InChI=1S/C10H8N16O6/c11-22-3(1-20-9-5(14-18-23(9)27)7(16-20)25(29)30)12-13-4(22)2-21-10-6(15-19-24(10)28)8(17-21)26(31)32/h27-28H,1-2,11H2. The molecule has 5 rings (SSSR count). The quantitative estimate of drug-likeness (QED) is 0.103. The van der Waals surface area contributed by atoms with Gasteiger partial charge < -0.3 is 36.5 Å². The lowest BCUT2D eigenvalue weighted by atomic mass is 10.5. The number of rotatable bonds is 6. The smallest absolute Gasteiger partial charge is 0.409 e. The van der Waals surface area contributed by atoms with E-state index >= 15 is 0 Å². The van der Waals surface area contributed by atoms with Crippen LogP contribution in [-0.4, -0.2) is 85.0 Å². The van der Waals surface area contributed by atoms with E-state index in [1.54, 1.807) is 0 Å². The van der Waals surface area contributed by atoms with Crippen LogP contribution in [-0.2, 0) is 13.1 Å². The Balaban J connectivity index is 1.51. The molecule has 0 saturated heterocycles. The van der Waals surface area contributed by atoms with E-state index in [-0.39, 0.29) is 47.1 Å². The second-order valence-electron chi connectivity index (χ2n) is 6.18. The average Bonchev–Trinajstić information content (AvgIpc) is 3.51. The number of nitrogens with zero attached hydrogens (tertiary/aromatic N) is 15. The Bertz CT molecular complexity index is 1420. The van der Waals surface area contributed by atoms with Crippen LogP contribution in [0, 0.1) is 20.2 Å². The van der Waals surface area contributed by atoms with E-state index in [9.17, 15) is 30.6 Å². The summed E-state index contributed by atoms with van der Waals surface area (Å²) in [5.41, 5.74) is -0.867. The summed E-state index contributed by atoms with van der Waals surface area (Å²) in [6.07, 6.45) is 0. The van der Waals surface area contributed by atoms with Crippen molar-refractivity contribution in [1.82, 2.24) is 64.7 Å². The fourth-order valence-corrected chi connectivity index (χ4v) is 3.01. The van der Waals surface area contributed by atoms with E-state index in [2.05, 4.69) is 41.0 Å². The number of aromatic nitrogens is 13. The SMILES string of the molecule is Nn1c(Cn2nc([N+](=O)[O-])c3nnn(O)c32)nnc1Cn1nc([N+](=O)[O-])c2nnn(O)c21. The van der Waals surface area contributed by atoms with Crippen LogP contribution in [0.3, 0.4) is 0 Å². The molecule has 0 saturated carbocycles. The van der Waals surface area contributed by atoms with Crippen molar-refractivity contribution in [1.29, 1.82) is 0 Å². The first-order valence-electron chi connectivity index (χ1n) is 8.26. The zero-order valence-corrected chi connectivity index (χ0v) is 15.2. The lowest BCUT2D eigenvalue weighted by molar-refractivity contribution is -0.388. The third-order valence-electron chi connectivity index (χ3n) is 4.37. The number of nitrogen functional groups attached to an aromatic ring is 1. The second-order valence-corrected chi connectivity index (χ2v) is 6.18. The third kappa shape index (κ3) is 2.52. The number of hydrogen-bond acceptors (Lipinski definition) is 15. The highest BCUT2D eigenvalue weighted by molar-refractivity contribution is 5.79. The molecule has 22 nitrogen and oxygen atoms in total. The Labute approximate surface area is 170 Å². The molecule has 0 bridgehead atoms. The van der Waals surface area contributed by atoms with Crippen molar-refractivity contribution < 1.29 is 20.3 Å². The lowest BCUT2D eigenvalue weighted by Gasteiger charge is -2.02. The molecule has 0 atom stereocenters. The molecule has 0 radical (unpaired) electrons. The van der Waals surface area contributed by atoms with Crippen LogP contribution in [0.1, 0.15) is 11.6 Å². The molecule has 164 valence electrons. The van der Waals surface area contributed by atoms with Gasteiger partial charge in [0.1, 0.15) is 13.1 Å². The van der Waals surface area contributed by atoms with Crippen LogP contribution in [0.5, 0.6) is 0 Å². The Morgan fingerprint density at radius 2 is 1.19 bits per heavy atom. The Morgan fingerprint density at radius 3 is 1.56 bits per heavy atom. The van der Waals surface area contributed by atoms with Gasteiger partial charge in [0.25, 0.3) is 0 Å². The zero-order valence-electron chi connectivity index (χ0n) is 15.2. The van der Waals surface area contributed by atoms with E-state index in [0.717, 1.165) is 14.0 Å². The van der Waals surface area contributed by atoms with Gasteiger partial charge in [0.05, 0.1) is 10.2 Å². The molecule has 0 amide bonds. The Kier molecular flexibility index (Phi) is 3.64. The van der Waals surface area contributed by atoms with Gasteiger partial charge in [-0.2, -0.15) is 0 Å². The van der Waals surface area contributed by atoms with Gasteiger partial charge in [-0.25, -0.2) is 4.68 Å². The van der Waals surface area contributed by atoms with Gasteiger partial charge in [0.2, 0.25) is 22.3 Å². The summed E-state index contributed by atoms with van der Waals surface area (Å²) in [6.45, 7) is -0.564. The molecule has 5 aromatic rings. The van der Waals surface area contributed by atoms with Crippen molar-refractivity contribution in [2.75, 3.05) is 5.84 Å². The summed E-state index contributed by atoms with van der Waals surface area (Å²) in [5, 5.41) is 70.7. The summed E-state index contributed by atoms with van der Waals surface area (Å²) in [6, 6.07) is 0. The summed E-state index contributed by atoms with van der Waals surface area (Å²) >= 11 is 0. The topological polar surface area (TPSA) is 281 Å². The van der Waals surface area contributed by atoms with E-state index in [0.29, 0.717) is 9.69 Å². The lowest BCUT2D eigenvalue weighted by Crippen LogP contribution is -2.21. The second kappa shape index (κ2) is 6.28. The first-order chi connectivity index (χ1) is 15.3. The molecule has 0 aliphatic heterocycles. The first kappa shape index (κ1) is 18.6. The molecule has 0 aromatic carbocycles. The summed E-state index contributed by atoms with van der Waals surface area (Å²) in [5.74, 6) is 4.78. The molecule has 5 aromatic heterocycles. The summed E-state index contributed by atoms with van der Waals surface area (Å²) in [7, 11) is 0.